The summed E-state index contributed by atoms with van der Waals surface area (Å²) in [6, 6.07) is 0. The average Bonchev–Trinajstić information content (AvgIpc) is 2.10. The Balaban J connectivity index is 2.90. The lowest BCUT2D eigenvalue weighted by Crippen LogP contribution is -2.14. The fourth-order valence-corrected chi connectivity index (χ4v) is 1.94. The van der Waals surface area contributed by atoms with Crippen molar-refractivity contribution in [3.05, 3.63) is 0 Å². The fraction of sp³-hybridized carbons (Fsp3) is 1.00. The number of unbranched alkanes of at least 4 members (excludes halogenated alkanes) is 1. The lowest BCUT2D eigenvalue weighted by atomic mass is 10.3. The standard InChI is InChI=1S/C10H23NS/c1-4-10(3)12-9-7-6-8-11-5-2/h10-11H,4-9H2,1-3H3. The Labute approximate surface area is 81.7 Å². The van der Waals surface area contributed by atoms with E-state index in [2.05, 4.69) is 37.8 Å². The number of thioether (sulfide) groups is 1. The summed E-state index contributed by atoms with van der Waals surface area (Å²) in [4.78, 5) is 0. The van der Waals surface area contributed by atoms with Gasteiger partial charge < -0.3 is 5.32 Å². The van der Waals surface area contributed by atoms with Crippen molar-refractivity contribution >= 4 is 11.8 Å². The van der Waals surface area contributed by atoms with Crippen LogP contribution in [0.15, 0.2) is 0 Å². The SMILES string of the molecule is CCNCCCCSC(C)CC. The molecular formula is C10H23NS. The van der Waals surface area contributed by atoms with Crippen LogP contribution >= 0.6 is 11.8 Å². The van der Waals surface area contributed by atoms with Crippen molar-refractivity contribution in [2.45, 2.75) is 45.3 Å². The van der Waals surface area contributed by atoms with Crippen LogP contribution in [-0.2, 0) is 0 Å². The van der Waals surface area contributed by atoms with Gasteiger partial charge in [-0.05, 0) is 38.1 Å². The zero-order valence-corrected chi connectivity index (χ0v) is 9.54. The predicted molar refractivity (Wildman–Crippen MR) is 60.0 cm³/mol. The summed E-state index contributed by atoms with van der Waals surface area (Å²) in [5.74, 6) is 1.33. The second-order valence-corrected chi connectivity index (χ2v) is 4.70. The average molecular weight is 189 g/mol. The van der Waals surface area contributed by atoms with Crippen molar-refractivity contribution in [1.82, 2.24) is 5.32 Å². The lowest BCUT2D eigenvalue weighted by molar-refractivity contribution is 0.665. The molecule has 0 fully saturated rings. The molecule has 0 bridgehead atoms. The normalized spacial score (nSPS) is 13.2. The van der Waals surface area contributed by atoms with Gasteiger partial charge in [-0.2, -0.15) is 11.8 Å². The van der Waals surface area contributed by atoms with Gasteiger partial charge in [0.2, 0.25) is 0 Å². The molecule has 2 heteroatoms. The highest BCUT2D eigenvalue weighted by molar-refractivity contribution is 7.99. The molecule has 1 atom stereocenters. The molecule has 0 aromatic rings. The first-order valence-electron chi connectivity index (χ1n) is 5.13. The second-order valence-electron chi connectivity index (χ2n) is 3.15. The summed E-state index contributed by atoms with van der Waals surface area (Å²) < 4.78 is 0. The van der Waals surface area contributed by atoms with Gasteiger partial charge in [-0.3, -0.25) is 0 Å². The molecule has 0 aliphatic heterocycles. The largest absolute Gasteiger partial charge is 0.317 e. The third kappa shape index (κ3) is 8.41. The quantitative estimate of drug-likeness (QED) is 0.589. The molecule has 0 aromatic carbocycles. The van der Waals surface area contributed by atoms with Gasteiger partial charge in [-0.25, -0.2) is 0 Å². The Morgan fingerprint density at radius 1 is 1.25 bits per heavy atom. The molecule has 1 unspecified atom stereocenters. The first-order chi connectivity index (χ1) is 5.81. The molecule has 74 valence electrons. The molecular weight excluding hydrogens is 166 g/mol. The molecule has 0 radical (unpaired) electrons. The van der Waals surface area contributed by atoms with E-state index < -0.39 is 0 Å². The third-order valence-electron chi connectivity index (χ3n) is 1.98. The molecule has 1 nitrogen and oxygen atoms in total. The van der Waals surface area contributed by atoms with Crippen LogP contribution in [0.2, 0.25) is 0 Å². The van der Waals surface area contributed by atoms with Crippen LogP contribution in [-0.4, -0.2) is 24.1 Å². The van der Waals surface area contributed by atoms with Gasteiger partial charge in [0.05, 0.1) is 0 Å². The highest BCUT2D eigenvalue weighted by atomic mass is 32.2. The lowest BCUT2D eigenvalue weighted by Gasteiger charge is -2.07. The molecule has 0 rings (SSSR count). The van der Waals surface area contributed by atoms with E-state index >= 15 is 0 Å². The molecule has 1 N–H and O–H groups in total. The van der Waals surface area contributed by atoms with Crippen LogP contribution in [0.5, 0.6) is 0 Å². The van der Waals surface area contributed by atoms with Crippen molar-refractivity contribution < 1.29 is 0 Å². The van der Waals surface area contributed by atoms with E-state index in [0.29, 0.717) is 0 Å². The first-order valence-corrected chi connectivity index (χ1v) is 6.18. The molecule has 0 heterocycles. The van der Waals surface area contributed by atoms with Gasteiger partial charge in [-0.1, -0.05) is 20.8 Å². The van der Waals surface area contributed by atoms with Crippen LogP contribution in [0.25, 0.3) is 0 Å². The number of hydrogen-bond donors (Lipinski definition) is 1. The number of rotatable bonds is 8. The van der Waals surface area contributed by atoms with Crippen molar-refractivity contribution in [1.29, 1.82) is 0 Å². The van der Waals surface area contributed by atoms with Crippen LogP contribution in [0.3, 0.4) is 0 Å². The van der Waals surface area contributed by atoms with E-state index in [4.69, 9.17) is 0 Å². The van der Waals surface area contributed by atoms with E-state index in [9.17, 15) is 0 Å². The van der Waals surface area contributed by atoms with E-state index in [1.807, 2.05) is 0 Å². The van der Waals surface area contributed by atoms with Crippen molar-refractivity contribution in [3.63, 3.8) is 0 Å². The Hall–Kier alpha value is 0.310. The van der Waals surface area contributed by atoms with Gasteiger partial charge >= 0.3 is 0 Å². The summed E-state index contributed by atoms with van der Waals surface area (Å²) in [6.45, 7) is 9.04. The fourth-order valence-electron chi connectivity index (χ4n) is 0.931. The summed E-state index contributed by atoms with van der Waals surface area (Å²) in [6.07, 6.45) is 4.00. The Kier molecular flexibility index (Phi) is 9.64. The minimum absolute atomic E-state index is 0.851. The summed E-state index contributed by atoms with van der Waals surface area (Å²) in [5.41, 5.74) is 0. The van der Waals surface area contributed by atoms with Crippen LogP contribution in [0, 0.1) is 0 Å². The van der Waals surface area contributed by atoms with Gasteiger partial charge in [0.15, 0.2) is 0 Å². The maximum atomic E-state index is 3.34. The molecule has 0 spiro atoms. The molecule has 12 heavy (non-hydrogen) atoms. The Bertz CT molecular complexity index is 85.9. The predicted octanol–water partition coefficient (Wildman–Crippen LogP) is 2.91. The molecule has 0 aromatic heterocycles. The molecule has 0 amide bonds. The number of hydrogen-bond acceptors (Lipinski definition) is 2. The van der Waals surface area contributed by atoms with E-state index in [1.54, 1.807) is 0 Å². The van der Waals surface area contributed by atoms with Gasteiger partial charge in [0.1, 0.15) is 0 Å². The zero-order valence-electron chi connectivity index (χ0n) is 8.73. The minimum Gasteiger partial charge on any atom is -0.317 e. The monoisotopic (exact) mass is 189 g/mol. The smallest absolute Gasteiger partial charge is 0.00160 e. The van der Waals surface area contributed by atoms with Gasteiger partial charge in [-0.15, -0.1) is 0 Å². The highest BCUT2D eigenvalue weighted by Crippen LogP contribution is 2.14. The van der Waals surface area contributed by atoms with E-state index in [-0.39, 0.29) is 0 Å². The minimum atomic E-state index is 0.851. The molecule has 0 aliphatic carbocycles. The van der Waals surface area contributed by atoms with Crippen LogP contribution in [0.4, 0.5) is 0 Å². The van der Waals surface area contributed by atoms with Crippen LogP contribution < -0.4 is 5.32 Å². The van der Waals surface area contributed by atoms with E-state index in [1.165, 1.54) is 31.6 Å². The summed E-state index contributed by atoms with van der Waals surface area (Å²) in [7, 11) is 0. The maximum Gasteiger partial charge on any atom is 0.00160 e. The first kappa shape index (κ1) is 12.3. The molecule has 0 saturated heterocycles. The topological polar surface area (TPSA) is 12.0 Å². The van der Waals surface area contributed by atoms with Gasteiger partial charge in [0.25, 0.3) is 0 Å². The summed E-state index contributed by atoms with van der Waals surface area (Å²) >= 11 is 2.11. The second kappa shape index (κ2) is 9.40. The zero-order chi connectivity index (χ0) is 9.23. The Morgan fingerprint density at radius 3 is 2.58 bits per heavy atom. The van der Waals surface area contributed by atoms with Crippen molar-refractivity contribution in [2.24, 2.45) is 0 Å². The Morgan fingerprint density at radius 2 is 2.00 bits per heavy atom. The highest BCUT2D eigenvalue weighted by Gasteiger charge is 1.97. The van der Waals surface area contributed by atoms with E-state index in [0.717, 1.165) is 11.8 Å². The van der Waals surface area contributed by atoms with Crippen LogP contribution in [0.1, 0.15) is 40.0 Å². The molecule has 0 saturated carbocycles. The summed E-state index contributed by atoms with van der Waals surface area (Å²) in [5, 5.41) is 4.19. The van der Waals surface area contributed by atoms with Crippen molar-refractivity contribution in [3.8, 4) is 0 Å². The molecule has 0 aliphatic rings. The third-order valence-corrected chi connectivity index (χ3v) is 3.40. The maximum absolute atomic E-state index is 3.34. The van der Waals surface area contributed by atoms with Crippen molar-refractivity contribution in [2.75, 3.05) is 18.8 Å². The van der Waals surface area contributed by atoms with Gasteiger partial charge in [0, 0.05) is 5.25 Å². The number of nitrogens with one attached hydrogen (secondary N) is 1.